The molecular formula is C15H24N2O. The van der Waals surface area contributed by atoms with Gasteiger partial charge < -0.3 is 15.0 Å². The van der Waals surface area contributed by atoms with Crippen LogP contribution in [0.25, 0.3) is 0 Å². The second-order valence-corrected chi connectivity index (χ2v) is 5.61. The van der Waals surface area contributed by atoms with E-state index in [2.05, 4.69) is 36.2 Å². The monoisotopic (exact) mass is 248 g/mol. The zero-order chi connectivity index (χ0) is 13.0. The average Bonchev–Trinajstić information content (AvgIpc) is 2.34. The zero-order valence-corrected chi connectivity index (χ0v) is 11.7. The number of hydrogen-bond donors (Lipinski definition) is 1. The second-order valence-electron chi connectivity index (χ2n) is 5.61. The summed E-state index contributed by atoms with van der Waals surface area (Å²) in [7, 11) is 1.74. The molecular weight excluding hydrogens is 224 g/mol. The van der Waals surface area contributed by atoms with Crippen LogP contribution >= 0.6 is 0 Å². The van der Waals surface area contributed by atoms with Crippen molar-refractivity contribution in [3.63, 3.8) is 0 Å². The van der Waals surface area contributed by atoms with E-state index in [0.717, 1.165) is 25.4 Å². The predicted octanol–water partition coefficient (Wildman–Crippen LogP) is 2.66. The Bertz CT molecular complexity index is 390. The zero-order valence-electron chi connectivity index (χ0n) is 11.7. The van der Waals surface area contributed by atoms with Gasteiger partial charge in [0.05, 0.1) is 12.8 Å². The first-order valence-electron chi connectivity index (χ1n) is 6.75. The third kappa shape index (κ3) is 3.16. The molecule has 1 aromatic rings. The quantitative estimate of drug-likeness (QED) is 0.871. The Kier molecular flexibility index (Phi) is 4.12. The summed E-state index contributed by atoms with van der Waals surface area (Å²) in [6.45, 7) is 7.76. The number of methoxy groups -OCH3 is 1. The van der Waals surface area contributed by atoms with Gasteiger partial charge in [-0.2, -0.15) is 0 Å². The predicted molar refractivity (Wildman–Crippen MR) is 76.5 cm³/mol. The lowest BCUT2D eigenvalue weighted by Crippen LogP contribution is -2.51. The molecule has 0 amide bonds. The van der Waals surface area contributed by atoms with E-state index < -0.39 is 0 Å². The highest BCUT2D eigenvalue weighted by molar-refractivity contribution is 5.58. The second kappa shape index (κ2) is 5.61. The molecule has 100 valence electrons. The van der Waals surface area contributed by atoms with Gasteiger partial charge in [-0.25, -0.2) is 0 Å². The lowest BCUT2D eigenvalue weighted by molar-refractivity contribution is 0.360. The van der Waals surface area contributed by atoms with Gasteiger partial charge in [-0.05, 0) is 45.4 Å². The minimum Gasteiger partial charge on any atom is -0.495 e. The first-order chi connectivity index (χ1) is 8.62. The number of para-hydroxylation sites is 2. The smallest absolute Gasteiger partial charge is 0.142 e. The van der Waals surface area contributed by atoms with E-state index in [1.165, 1.54) is 18.5 Å². The first kappa shape index (κ1) is 13.2. The number of nitrogens with one attached hydrogen (secondary N) is 1. The van der Waals surface area contributed by atoms with E-state index >= 15 is 0 Å². The topological polar surface area (TPSA) is 24.5 Å². The molecule has 0 aromatic heterocycles. The molecule has 3 heteroatoms. The van der Waals surface area contributed by atoms with Crippen molar-refractivity contribution in [3.05, 3.63) is 24.3 Å². The highest BCUT2D eigenvalue weighted by atomic mass is 16.5. The van der Waals surface area contributed by atoms with Crippen LogP contribution in [0.2, 0.25) is 0 Å². The van der Waals surface area contributed by atoms with Gasteiger partial charge in [-0.1, -0.05) is 12.1 Å². The molecule has 1 N–H and O–H groups in total. The molecule has 3 nitrogen and oxygen atoms in total. The van der Waals surface area contributed by atoms with Crippen LogP contribution in [0.1, 0.15) is 26.7 Å². The summed E-state index contributed by atoms with van der Waals surface area (Å²) in [5, 5.41) is 3.62. The third-order valence-electron chi connectivity index (χ3n) is 3.47. The van der Waals surface area contributed by atoms with E-state index in [-0.39, 0.29) is 5.54 Å². The Hall–Kier alpha value is -1.22. The molecule has 1 saturated heterocycles. The Balaban J connectivity index is 2.23. The molecule has 18 heavy (non-hydrogen) atoms. The van der Waals surface area contributed by atoms with Crippen molar-refractivity contribution in [2.45, 2.75) is 32.2 Å². The van der Waals surface area contributed by atoms with Crippen molar-refractivity contribution in [2.75, 3.05) is 31.6 Å². The number of nitrogens with zero attached hydrogens (tertiary/aromatic N) is 1. The van der Waals surface area contributed by atoms with E-state index in [0.29, 0.717) is 0 Å². The normalized spacial score (nSPS) is 20.1. The molecule has 0 radical (unpaired) electrons. The molecule has 1 aliphatic heterocycles. The SMILES string of the molecule is COc1ccccc1N1CCCCNC(C)(C)C1. The fourth-order valence-electron chi connectivity index (χ4n) is 2.56. The van der Waals surface area contributed by atoms with Gasteiger partial charge in [0.25, 0.3) is 0 Å². The number of ether oxygens (including phenoxy) is 1. The number of rotatable bonds is 2. The largest absolute Gasteiger partial charge is 0.495 e. The summed E-state index contributed by atoms with van der Waals surface area (Å²) in [6.07, 6.45) is 2.45. The Morgan fingerprint density at radius 2 is 2.00 bits per heavy atom. The summed E-state index contributed by atoms with van der Waals surface area (Å²) in [5.41, 5.74) is 1.35. The van der Waals surface area contributed by atoms with Crippen molar-refractivity contribution < 1.29 is 4.74 Å². The molecule has 0 saturated carbocycles. The summed E-state index contributed by atoms with van der Waals surface area (Å²) < 4.78 is 5.48. The molecule has 0 unspecified atom stereocenters. The number of anilines is 1. The van der Waals surface area contributed by atoms with Crippen LogP contribution in [0.3, 0.4) is 0 Å². The van der Waals surface area contributed by atoms with E-state index in [4.69, 9.17) is 4.74 Å². The lowest BCUT2D eigenvalue weighted by Gasteiger charge is -2.37. The van der Waals surface area contributed by atoms with Crippen LogP contribution in [0.4, 0.5) is 5.69 Å². The summed E-state index contributed by atoms with van der Waals surface area (Å²) >= 11 is 0. The minimum atomic E-state index is 0.140. The average molecular weight is 248 g/mol. The Morgan fingerprint density at radius 1 is 1.22 bits per heavy atom. The van der Waals surface area contributed by atoms with Crippen molar-refractivity contribution in [2.24, 2.45) is 0 Å². The maximum Gasteiger partial charge on any atom is 0.142 e. The van der Waals surface area contributed by atoms with E-state index in [9.17, 15) is 0 Å². The van der Waals surface area contributed by atoms with Gasteiger partial charge >= 0.3 is 0 Å². The molecule has 2 rings (SSSR count). The van der Waals surface area contributed by atoms with Crippen molar-refractivity contribution in [1.29, 1.82) is 0 Å². The van der Waals surface area contributed by atoms with E-state index in [1.54, 1.807) is 7.11 Å². The van der Waals surface area contributed by atoms with Crippen molar-refractivity contribution in [3.8, 4) is 5.75 Å². The highest BCUT2D eigenvalue weighted by Gasteiger charge is 2.24. The van der Waals surface area contributed by atoms with Crippen LogP contribution in [0.5, 0.6) is 5.75 Å². The molecule has 0 atom stereocenters. The van der Waals surface area contributed by atoms with Crippen LogP contribution in [-0.4, -0.2) is 32.3 Å². The van der Waals surface area contributed by atoms with Gasteiger partial charge in [0.15, 0.2) is 0 Å². The van der Waals surface area contributed by atoms with Crippen LogP contribution in [0.15, 0.2) is 24.3 Å². The summed E-state index contributed by atoms with van der Waals surface area (Å²) in [6, 6.07) is 8.29. The van der Waals surface area contributed by atoms with Gasteiger partial charge in [0.1, 0.15) is 5.75 Å². The summed E-state index contributed by atoms with van der Waals surface area (Å²) in [4.78, 5) is 2.44. The number of benzene rings is 1. The van der Waals surface area contributed by atoms with Crippen LogP contribution in [0, 0.1) is 0 Å². The highest BCUT2D eigenvalue weighted by Crippen LogP contribution is 2.29. The standard InChI is InChI=1S/C15H24N2O/c1-15(2)12-17(11-7-6-10-16-15)13-8-4-5-9-14(13)18-3/h4-5,8-9,16H,6-7,10-12H2,1-3H3. The lowest BCUT2D eigenvalue weighted by atomic mass is 10.0. The van der Waals surface area contributed by atoms with Crippen molar-refractivity contribution in [1.82, 2.24) is 5.32 Å². The van der Waals surface area contributed by atoms with Gasteiger partial charge in [0.2, 0.25) is 0 Å². The van der Waals surface area contributed by atoms with E-state index in [1.807, 2.05) is 12.1 Å². The van der Waals surface area contributed by atoms with Gasteiger partial charge in [-0.3, -0.25) is 0 Å². The molecule has 0 bridgehead atoms. The fraction of sp³-hybridized carbons (Fsp3) is 0.600. The Labute approximate surface area is 110 Å². The molecule has 0 aliphatic carbocycles. The van der Waals surface area contributed by atoms with Crippen LogP contribution in [-0.2, 0) is 0 Å². The summed E-state index contributed by atoms with van der Waals surface area (Å²) in [5.74, 6) is 0.967. The minimum absolute atomic E-state index is 0.140. The Morgan fingerprint density at radius 3 is 2.78 bits per heavy atom. The molecule has 1 fully saturated rings. The first-order valence-corrected chi connectivity index (χ1v) is 6.75. The molecule has 1 heterocycles. The maximum absolute atomic E-state index is 5.48. The maximum atomic E-state index is 5.48. The van der Waals surface area contributed by atoms with Gasteiger partial charge in [-0.15, -0.1) is 0 Å². The molecule has 0 spiro atoms. The molecule has 1 aliphatic rings. The van der Waals surface area contributed by atoms with Crippen LogP contribution < -0.4 is 15.0 Å². The third-order valence-corrected chi connectivity index (χ3v) is 3.47. The number of hydrogen-bond acceptors (Lipinski definition) is 3. The van der Waals surface area contributed by atoms with Crippen molar-refractivity contribution >= 4 is 5.69 Å². The molecule has 1 aromatic carbocycles. The van der Waals surface area contributed by atoms with Gasteiger partial charge in [0, 0.05) is 18.6 Å². The fourth-order valence-corrected chi connectivity index (χ4v) is 2.56.